The topological polar surface area (TPSA) is 64.4 Å². The fourth-order valence-corrected chi connectivity index (χ4v) is 3.74. The molecule has 2 rings (SSSR count). The van der Waals surface area contributed by atoms with Gasteiger partial charge in [0.2, 0.25) is 5.91 Å². The van der Waals surface area contributed by atoms with Gasteiger partial charge < -0.3 is 15.8 Å². The van der Waals surface area contributed by atoms with Crippen LogP contribution >= 0.6 is 0 Å². The van der Waals surface area contributed by atoms with Gasteiger partial charge in [-0.05, 0) is 24.2 Å². The average molecular weight is 296 g/mol. The minimum absolute atomic E-state index is 0.00431. The van der Waals surface area contributed by atoms with Crippen LogP contribution in [0, 0.1) is 22.7 Å². The van der Waals surface area contributed by atoms with Crippen molar-refractivity contribution < 1.29 is 9.53 Å². The van der Waals surface area contributed by atoms with Crippen LogP contribution in [0.3, 0.4) is 0 Å². The Balaban J connectivity index is 2.04. The van der Waals surface area contributed by atoms with Crippen LogP contribution in [0.5, 0.6) is 0 Å². The zero-order valence-electron chi connectivity index (χ0n) is 14.5. The number of nitrogens with two attached hydrogens (primary N) is 1. The number of amides is 1. The van der Waals surface area contributed by atoms with Gasteiger partial charge in [0.1, 0.15) is 5.54 Å². The van der Waals surface area contributed by atoms with E-state index in [0.29, 0.717) is 12.5 Å². The summed E-state index contributed by atoms with van der Waals surface area (Å²) in [5.74, 6) is 0.563. The van der Waals surface area contributed by atoms with Crippen LogP contribution in [-0.4, -0.2) is 30.7 Å². The second-order valence-electron chi connectivity index (χ2n) is 8.61. The summed E-state index contributed by atoms with van der Waals surface area (Å²) in [7, 11) is 0. The molecule has 0 aromatic heterocycles. The molecule has 1 saturated carbocycles. The molecular weight excluding hydrogens is 264 g/mol. The zero-order chi connectivity index (χ0) is 16.1. The van der Waals surface area contributed by atoms with Crippen molar-refractivity contribution in [2.45, 2.75) is 66.0 Å². The lowest BCUT2D eigenvalue weighted by atomic mass is 9.46. The summed E-state index contributed by atoms with van der Waals surface area (Å²) in [5, 5.41) is 3.10. The van der Waals surface area contributed by atoms with Crippen molar-refractivity contribution in [3.05, 3.63) is 0 Å². The van der Waals surface area contributed by atoms with Gasteiger partial charge in [0.05, 0.1) is 6.10 Å². The van der Waals surface area contributed by atoms with Crippen molar-refractivity contribution in [3.8, 4) is 0 Å². The van der Waals surface area contributed by atoms with Crippen molar-refractivity contribution in [1.29, 1.82) is 0 Å². The molecule has 4 heteroatoms. The molecule has 21 heavy (non-hydrogen) atoms. The minimum Gasteiger partial charge on any atom is -0.377 e. The second-order valence-corrected chi connectivity index (χ2v) is 8.61. The van der Waals surface area contributed by atoms with Crippen LogP contribution in [0.4, 0.5) is 0 Å². The molecule has 4 atom stereocenters. The molecule has 0 spiro atoms. The molecule has 1 saturated heterocycles. The smallest absolute Gasteiger partial charge is 0.241 e. The molecule has 122 valence electrons. The molecule has 0 radical (unpaired) electrons. The summed E-state index contributed by atoms with van der Waals surface area (Å²) in [6.45, 7) is 14.3. The Bertz CT molecular complexity index is 414. The summed E-state index contributed by atoms with van der Waals surface area (Å²) in [6, 6.07) is 0. The van der Waals surface area contributed by atoms with E-state index in [4.69, 9.17) is 10.5 Å². The van der Waals surface area contributed by atoms with Gasteiger partial charge in [-0.1, -0.05) is 41.5 Å². The van der Waals surface area contributed by atoms with Crippen molar-refractivity contribution in [2.75, 3.05) is 13.2 Å². The monoisotopic (exact) mass is 296 g/mol. The zero-order valence-corrected chi connectivity index (χ0v) is 14.5. The van der Waals surface area contributed by atoms with Crippen molar-refractivity contribution >= 4 is 5.91 Å². The summed E-state index contributed by atoms with van der Waals surface area (Å²) >= 11 is 0. The lowest BCUT2D eigenvalue weighted by Gasteiger charge is -2.65. The molecule has 4 unspecified atom stereocenters. The van der Waals surface area contributed by atoms with E-state index in [1.54, 1.807) is 0 Å². The first-order valence-corrected chi connectivity index (χ1v) is 8.21. The van der Waals surface area contributed by atoms with Crippen LogP contribution in [0.25, 0.3) is 0 Å². The van der Waals surface area contributed by atoms with Gasteiger partial charge in [-0.2, -0.15) is 0 Å². The van der Waals surface area contributed by atoms with Gasteiger partial charge in [0.25, 0.3) is 0 Å². The molecule has 0 aromatic carbocycles. The van der Waals surface area contributed by atoms with Crippen molar-refractivity contribution in [3.63, 3.8) is 0 Å². The molecule has 1 aliphatic carbocycles. The number of hydrogen-bond donors (Lipinski definition) is 2. The molecule has 2 aliphatic rings. The first-order chi connectivity index (χ1) is 9.53. The molecule has 1 amide bonds. The maximum absolute atomic E-state index is 12.8. The predicted molar refractivity (Wildman–Crippen MR) is 84.8 cm³/mol. The molecule has 1 aliphatic heterocycles. The normalized spacial score (nSPS) is 36.3. The standard InChI is InChI=1S/C17H32N2O2/c1-11(15(2,3)4)10-19-14(20)17(18)12-8-7-9-21-13(12)16(17,5)6/h11-13H,7-10,18H2,1-6H3,(H,19,20). The van der Waals surface area contributed by atoms with Crippen LogP contribution in [-0.2, 0) is 9.53 Å². The summed E-state index contributed by atoms with van der Waals surface area (Å²) < 4.78 is 5.86. The number of carbonyl (C=O) groups is 1. The highest BCUT2D eigenvalue weighted by atomic mass is 16.5. The van der Waals surface area contributed by atoms with Gasteiger partial charge in [0, 0.05) is 24.5 Å². The maximum atomic E-state index is 12.8. The van der Waals surface area contributed by atoms with E-state index in [-0.39, 0.29) is 28.8 Å². The van der Waals surface area contributed by atoms with Gasteiger partial charge in [-0.15, -0.1) is 0 Å². The third-order valence-corrected chi connectivity index (χ3v) is 6.11. The average Bonchev–Trinajstić information content (AvgIpc) is 2.42. The highest BCUT2D eigenvalue weighted by Crippen LogP contribution is 2.57. The van der Waals surface area contributed by atoms with E-state index in [2.05, 4.69) is 46.9 Å². The SMILES string of the molecule is CC(CNC(=O)C1(N)C2CCCOC2C1(C)C)C(C)(C)C. The van der Waals surface area contributed by atoms with Gasteiger partial charge in [-0.25, -0.2) is 0 Å². The van der Waals surface area contributed by atoms with Crippen molar-refractivity contribution in [1.82, 2.24) is 5.32 Å². The Morgan fingerprint density at radius 2 is 2.05 bits per heavy atom. The lowest BCUT2D eigenvalue weighted by Crippen LogP contribution is -2.82. The van der Waals surface area contributed by atoms with E-state index in [1.807, 2.05) is 0 Å². The first-order valence-electron chi connectivity index (χ1n) is 8.21. The number of carbonyl (C=O) groups excluding carboxylic acids is 1. The highest BCUT2D eigenvalue weighted by molar-refractivity contribution is 5.89. The summed E-state index contributed by atoms with van der Waals surface area (Å²) in [4.78, 5) is 12.8. The molecule has 0 bridgehead atoms. The van der Waals surface area contributed by atoms with Crippen LogP contribution in [0.1, 0.15) is 54.4 Å². The largest absolute Gasteiger partial charge is 0.377 e. The number of fused-ring (bicyclic) bond motifs is 1. The van der Waals surface area contributed by atoms with Crippen LogP contribution in [0.15, 0.2) is 0 Å². The Hall–Kier alpha value is -0.610. The quantitative estimate of drug-likeness (QED) is 0.840. The van der Waals surface area contributed by atoms with E-state index < -0.39 is 5.54 Å². The predicted octanol–water partition coefficient (Wildman–Crippen LogP) is 2.32. The highest BCUT2D eigenvalue weighted by Gasteiger charge is 2.70. The number of ether oxygens (including phenoxy) is 1. The Labute approximate surface area is 129 Å². The number of rotatable bonds is 3. The van der Waals surface area contributed by atoms with Crippen LogP contribution < -0.4 is 11.1 Å². The van der Waals surface area contributed by atoms with Crippen molar-refractivity contribution in [2.24, 2.45) is 28.4 Å². The molecular formula is C17H32N2O2. The van der Waals surface area contributed by atoms with Gasteiger partial charge in [0.15, 0.2) is 0 Å². The summed E-state index contributed by atoms with van der Waals surface area (Å²) in [5.41, 5.74) is 5.67. The second kappa shape index (κ2) is 5.24. The maximum Gasteiger partial charge on any atom is 0.241 e. The third kappa shape index (κ3) is 2.50. The van der Waals surface area contributed by atoms with Crippen LogP contribution in [0.2, 0.25) is 0 Å². The molecule has 2 fully saturated rings. The molecule has 1 heterocycles. The fraction of sp³-hybridized carbons (Fsp3) is 0.941. The minimum atomic E-state index is -0.796. The molecule has 4 nitrogen and oxygen atoms in total. The van der Waals surface area contributed by atoms with Gasteiger partial charge >= 0.3 is 0 Å². The molecule has 3 N–H and O–H groups in total. The number of nitrogens with one attached hydrogen (secondary N) is 1. The van der Waals surface area contributed by atoms with E-state index in [9.17, 15) is 4.79 Å². The third-order valence-electron chi connectivity index (χ3n) is 6.11. The molecule has 0 aromatic rings. The first kappa shape index (κ1) is 16.8. The lowest BCUT2D eigenvalue weighted by molar-refractivity contribution is -0.225. The number of hydrogen-bond acceptors (Lipinski definition) is 3. The van der Waals surface area contributed by atoms with E-state index in [1.165, 1.54) is 0 Å². The Morgan fingerprint density at radius 1 is 1.43 bits per heavy atom. The Kier molecular flexibility index (Phi) is 4.18. The van der Waals surface area contributed by atoms with Gasteiger partial charge in [-0.3, -0.25) is 4.79 Å². The fourth-order valence-electron chi connectivity index (χ4n) is 3.74. The van der Waals surface area contributed by atoms with E-state index >= 15 is 0 Å². The Morgan fingerprint density at radius 3 is 2.62 bits per heavy atom. The van der Waals surface area contributed by atoms with E-state index in [0.717, 1.165) is 19.4 Å². The summed E-state index contributed by atoms with van der Waals surface area (Å²) in [6.07, 6.45) is 2.12.